The molecule has 1 saturated carbocycles. The number of urea groups is 1. The summed E-state index contributed by atoms with van der Waals surface area (Å²) >= 11 is 0. The van der Waals surface area contributed by atoms with Gasteiger partial charge in [0.05, 0.1) is 11.9 Å². The van der Waals surface area contributed by atoms with Gasteiger partial charge in [-0.25, -0.2) is 4.79 Å². The lowest BCUT2D eigenvalue weighted by molar-refractivity contribution is -0.142. The van der Waals surface area contributed by atoms with Gasteiger partial charge in [0, 0.05) is 18.8 Å². The molecule has 2 amide bonds. The summed E-state index contributed by atoms with van der Waals surface area (Å²) in [7, 11) is 0. The first kappa shape index (κ1) is 15.2. The highest BCUT2D eigenvalue weighted by Crippen LogP contribution is 2.36. The maximum absolute atomic E-state index is 12.4. The normalized spacial score (nSPS) is 25.1. The Morgan fingerprint density at radius 3 is 2.86 bits per heavy atom. The molecular weight excluding hydrogens is 297 g/mol. The average molecular weight is 316 g/mol. The van der Waals surface area contributed by atoms with Crippen molar-refractivity contribution in [2.24, 2.45) is 5.92 Å². The van der Waals surface area contributed by atoms with Crippen LogP contribution in [0.4, 0.5) is 23.7 Å². The van der Waals surface area contributed by atoms with Gasteiger partial charge in [-0.15, -0.1) is 0 Å². The number of carbonyl (C=O) groups excluding carboxylic acids is 1. The first-order valence-electron chi connectivity index (χ1n) is 7.59. The van der Waals surface area contributed by atoms with Gasteiger partial charge in [0.15, 0.2) is 0 Å². The highest BCUT2D eigenvalue weighted by molar-refractivity contribution is 5.89. The van der Waals surface area contributed by atoms with E-state index in [0.29, 0.717) is 18.2 Å². The van der Waals surface area contributed by atoms with E-state index in [9.17, 15) is 18.0 Å². The van der Waals surface area contributed by atoms with Crippen LogP contribution in [0.2, 0.25) is 0 Å². The third-order valence-electron chi connectivity index (χ3n) is 4.48. The van der Waals surface area contributed by atoms with Gasteiger partial charge in [-0.1, -0.05) is 6.42 Å². The number of anilines is 1. The number of alkyl halides is 3. The maximum Gasteiger partial charge on any atom is 0.408 e. The monoisotopic (exact) mass is 316 g/mol. The van der Waals surface area contributed by atoms with Gasteiger partial charge in [-0.2, -0.15) is 18.3 Å². The molecule has 2 heterocycles. The molecule has 1 aromatic heterocycles. The van der Waals surface area contributed by atoms with E-state index in [1.807, 2.05) is 4.90 Å². The molecule has 0 bridgehead atoms. The standard InChI is InChI=1S/C14H19F3N4O/c15-14(16,17)9-20-8-11(7-18-20)19-13(22)21-6-2-4-10-3-1-5-12(10)21/h7-8,10,12H,1-6,9H2,(H,19,22)/t10-,12+/m0/s1. The predicted molar refractivity (Wildman–Crippen MR) is 74.4 cm³/mol. The Labute approximate surface area is 126 Å². The fourth-order valence-corrected chi connectivity index (χ4v) is 3.60. The van der Waals surface area contributed by atoms with Crippen molar-refractivity contribution in [1.29, 1.82) is 0 Å². The van der Waals surface area contributed by atoms with E-state index in [0.717, 1.165) is 36.8 Å². The lowest BCUT2D eigenvalue weighted by atomic mass is 9.92. The Balaban J connectivity index is 1.62. The number of amides is 2. The van der Waals surface area contributed by atoms with E-state index < -0.39 is 12.7 Å². The maximum atomic E-state index is 12.4. The Morgan fingerprint density at radius 2 is 2.09 bits per heavy atom. The number of carbonyl (C=O) groups is 1. The zero-order valence-electron chi connectivity index (χ0n) is 12.1. The van der Waals surface area contributed by atoms with E-state index in [1.54, 1.807) is 0 Å². The number of likely N-dealkylation sites (tertiary alicyclic amines) is 1. The van der Waals surface area contributed by atoms with Crippen molar-refractivity contribution in [1.82, 2.24) is 14.7 Å². The van der Waals surface area contributed by atoms with Gasteiger partial charge in [0.2, 0.25) is 0 Å². The second-order valence-corrected chi connectivity index (χ2v) is 6.07. The molecule has 22 heavy (non-hydrogen) atoms. The van der Waals surface area contributed by atoms with Gasteiger partial charge >= 0.3 is 12.2 Å². The highest BCUT2D eigenvalue weighted by atomic mass is 19.4. The van der Waals surface area contributed by atoms with E-state index >= 15 is 0 Å². The molecule has 2 fully saturated rings. The van der Waals surface area contributed by atoms with E-state index in [-0.39, 0.29) is 12.1 Å². The first-order valence-corrected chi connectivity index (χ1v) is 7.59. The molecule has 1 aliphatic carbocycles. The van der Waals surface area contributed by atoms with Crippen LogP contribution in [0.1, 0.15) is 32.1 Å². The van der Waals surface area contributed by atoms with Crippen molar-refractivity contribution in [2.75, 3.05) is 11.9 Å². The van der Waals surface area contributed by atoms with Gasteiger partial charge in [-0.05, 0) is 31.6 Å². The number of nitrogens with one attached hydrogen (secondary N) is 1. The third-order valence-corrected chi connectivity index (χ3v) is 4.48. The Bertz CT molecular complexity index is 542. The van der Waals surface area contributed by atoms with Crippen molar-refractivity contribution in [3.05, 3.63) is 12.4 Å². The molecule has 5 nitrogen and oxygen atoms in total. The Morgan fingerprint density at radius 1 is 1.32 bits per heavy atom. The summed E-state index contributed by atoms with van der Waals surface area (Å²) in [5.74, 6) is 0.576. The molecule has 1 aliphatic heterocycles. The van der Waals surface area contributed by atoms with Crippen LogP contribution < -0.4 is 5.32 Å². The zero-order chi connectivity index (χ0) is 15.7. The molecule has 8 heteroatoms. The summed E-state index contributed by atoms with van der Waals surface area (Å²) in [6, 6.07) is 0.0436. The number of nitrogens with zero attached hydrogens (tertiary/aromatic N) is 3. The van der Waals surface area contributed by atoms with E-state index in [1.165, 1.54) is 12.4 Å². The summed E-state index contributed by atoms with van der Waals surface area (Å²) in [6.07, 6.45) is 3.62. The number of hydrogen-bond acceptors (Lipinski definition) is 2. The summed E-state index contributed by atoms with van der Waals surface area (Å²) in [5, 5.41) is 6.30. The zero-order valence-corrected chi connectivity index (χ0v) is 12.1. The number of fused-ring (bicyclic) bond motifs is 1. The number of rotatable bonds is 2. The van der Waals surface area contributed by atoms with Crippen LogP contribution in [-0.4, -0.2) is 39.5 Å². The van der Waals surface area contributed by atoms with Crippen molar-refractivity contribution >= 4 is 11.7 Å². The molecule has 1 N–H and O–H groups in total. The van der Waals surface area contributed by atoms with E-state index in [4.69, 9.17) is 0 Å². The van der Waals surface area contributed by atoms with Crippen LogP contribution in [0.15, 0.2) is 12.4 Å². The molecule has 1 aromatic rings. The first-order chi connectivity index (χ1) is 10.4. The fourth-order valence-electron chi connectivity index (χ4n) is 3.60. The molecular formula is C14H19F3N4O. The molecule has 0 aromatic carbocycles. The average Bonchev–Trinajstić information content (AvgIpc) is 3.05. The van der Waals surface area contributed by atoms with Gasteiger partial charge in [0.25, 0.3) is 0 Å². The Kier molecular flexibility index (Phi) is 4.01. The summed E-state index contributed by atoms with van der Waals surface area (Å²) in [6.45, 7) is -0.443. The topological polar surface area (TPSA) is 50.2 Å². The highest BCUT2D eigenvalue weighted by Gasteiger charge is 2.37. The minimum atomic E-state index is -4.32. The molecule has 3 rings (SSSR count). The van der Waals surface area contributed by atoms with Crippen LogP contribution >= 0.6 is 0 Å². The summed E-state index contributed by atoms with van der Waals surface area (Å²) in [5.41, 5.74) is 0.300. The van der Waals surface area contributed by atoms with Gasteiger partial charge < -0.3 is 10.2 Å². The minimum absolute atomic E-state index is 0.233. The molecule has 2 atom stereocenters. The van der Waals surface area contributed by atoms with Crippen molar-refractivity contribution in [3.8, 4) is 0 Å². The lowest BCUT2D eigenvalue weighted by Crippen LogP contribution is -2.48. The molecule has 122 valence electrons. The largest absolute Gasteiger partial charge is 0.408 e. The van der Waals surface area contributed by atoms with Crippen LogP contribution in [0.3, 0.4) is 0 Å². The smallest absolute Gasteiger partial charge is 0.321 e. The third kappa shape index (κ3) is 3.36. The molecule has 0 radical (unpaired) electrons. The fraction of sp³-hybridized carbons (Fsp3) is 0.714. The number of aromatic nitrogens is 2. The number of halogens is 3. The molecule has 0 spiro atoms. The number of hydrogen-bond donors (Lipinski definition) is 1. The van der Waals surface area contributed by atoms with Crippen molar-refractivity contribution < 1.29 is 18.0 Å². The van der Waals surface area contributed by atoms with Crippen molar-refractivity contribution in [2.45, 2.75) is 50.9 Å². The van der Waals surface area contributed by atoms with Gasteiger partial charge in [-0.3, -0.25) is 4.68 Å². The van der Waals surface area contributed by atoms with Crippen LogP contribution in [0, 0.1) is 5.92 Å². The molecule has 1 saturated heterocycles. The quantitative estimate of drug-likeness (QED) is 0.910. The second-order valence-electron chi connectivity index (χ2n) is 6.07. The molecule has 0 unspecified atom stereocenters. The Hall–Kier alpha value is -1.73. The van der Waals surface area contributed by atoms with Crippen LogP contribution in [-0.2, 0) is 6.54 Å². The predicted octanol–water partition coefficient (Wildman–Crippen LogP) is 3.24. The van der Waals surface area contributed by atoms with Crippen LogP contribution in [0.5, 0.6) is 0 Å². The summed E-state index contributed by atoms with van der Waals surface area (Å²) < 4.78 is 37.7. The second kappa shape index (κ2) is 5.81. The lowest BCUT2D eigenvalue weighted by Gasteiger charge is -2.37. The number of piperidine rings is 1. The minimum Gasteiger partial charge on any atom is -0.321 e. The van der Waals surface area contributed by atoms with Crippen LogP contribution in [0.25, 0.3) is 0 Å². The molecule has 2 aliphatic rings. The SMILES string of the molecule is O=C(Nc1cnn(CC(F)(F)F)c1)N1CCC[C@@H]2CCC[C@H]21. The van der Waals surface area contributed by atoms with Crippen molar-refractivity contribution in [3.63, 3.8) is 0 Å². The van der Waals surface area contributed by atoms with Gasteiger partial charge in [0.1, 0.15) is 6.54 Å². The summed E-state index contributed by atoms with van der Waals surface area (Å²) in [4.78, 5) is 14.2. The van der Waals surface area contributed by atoms with E-state index in [2.05, 4.69) is 10.4 Å².